The molecular weight excluding hydrogens is 384 g/mol. The fourth-order valence-corrected chi connectivity index (χ4v) is 4.23. The van der Waals surface area contributed by atoms with E-state index in [0.717, 1.165) is 51.9 Å². The third-order valence-corrected chi connectivity index (χ3v) is 6.01. The Morgan fingerprint density at radius 1 is 1.21 bits per heavy atom. The fraction of sp³-hybridized carbons (Fsp3) is 0.632. The molecule has 2 fully saturated rings. The topological polar surface area (TPSA) is 116 Å². The van der Waals surface area contributed by atoms with Crippen LogP contribution in [0.5, 0.6) is 0 Å². The van der Waals surface area contributed by atoms with Crippen molar-refractivity contribution in [2.24, 2.45) is 5.92 Å². The Balaban J connectivity index is 0.000000409. The second-order valence-corrected chi connectivity index (χ2v) is 8.07. The standard InChI is InChI=1S/C17H26N2O2S.C2H2O4/c1-13-6-10-22-16(13)12-19-7-4-14(5-8-19)17(20)18-11-15-3-2-9-21-15;3-1(4)2(5)6/h6,10,14-15H,2-5,7-9,11-12H2,1H3,(H,18,20);(H,3,4)(H,5,6). The molecule has 1 amide bonds. The third-order valence-electron chi connectivity index (χ3n) is 5.00. The number of amides is 1. The van der Waals surface area contributed by atoms with E-state index < -0.39 is 11.9 Å². The van der Waals surface area contributed by atoms with Crippen LogP contribution in [0.1, 0.15) is 36.1 Å². The number of carbonyl (C=O) groups is 3. The maximum atomic E-state index is 12.2. The molecule has 0 saturated carbocycles. The maximum absolute atomic E-state index is 12.2. The van der Waals surface area contributed by atoms with E-state index in [4.69, 9.17) is 24.5 Å². The van der Waals surface area contributed by atoms with Gasteiger partial charge in [0, 0.05) is 30.5 Å². The first-order chi connectivity index (χ1) is 13.4. The van der Waals surface area contributed by atoms with E-state index in [9.17, 15) is 4.79 Å². The van der Waals surface area contributed by atoms with Crippen molar-refractivity contribution in [3.63, 3.8) is 0 Å². The zero-order valence-corrected chi connectivity index (χ0v) is 16.9. The molecule has 2 saturated heterocycles. The first-order valence-corrected chi connectivity index (χ1v) is 10.4. The minimum Gasteiger partial charge on any atom is -0.473 e. The number of nitrogens with zero attached hydrogens (tertiary/aromatic N) is 1. The van der Waals surface area contributed by atoms with Gasteiger partial charge in [-0.2, -0.15) is 0 Å². The van der Waals surface area contributed by atoms with Gasteiger partial charge >= 0.3 is 11.9 Å². The maximum Gasteiger partial charge on any atom is 0.414 e. The lowest BCUT2D eigenvalue weighted by Crippen LogP contribution is -2.42. The molecule has 3 N–H and O–H groups in total. The van der Waals surface area contributed by atoms with Gasteiger partial charge in [-0.25, -0.2) is 9.59 Å². The smallest absolute Gasteiger partial charge is 0.414 e. The molecule has 0 spiro atoms. The largest absolute Gasteiger partial charge is 0.473 e. The summed E-state index contributed by atoms with van der Waals surface area (Å²) in [6, 6.07) is 2.19. The molecule has 1 atom stereocenters. The Bertz CT molecular complexity index is 651. The first-order valence-electron chi connectivity index (χ1n) is 9.47. The Hall–Kier alpha value is -1.97. The van der Waals surface area contributed by atoms with Gasteiger partial charge in [0.2, 0.25) is 5.91 Å². The van der Waals surface area contributed by atoms with Crippen LogP contribution in [0.25, 0.3) is 0 Å². The highest BCUT2D eigenvalue weighted by Crippen LogP contribution is 2.23. The number of piperidine rings is 1. The zero-order valence-electron chi connectivity index (χ0n) is 16.1. The first kappa shape index (κ1) is 22.3. The highest BCUT2D eigenvalue weighted by Gasteiger charge is 2.26. The summed E-state index contributed by atoms with van der Waals surface area (Å²) < 4.78 is 5.56. The number of carboxylic acid groups (broad SMARTS) is 2. The number of likely N-dealkylation sites (tertiary alicyclic amines) is 1. The van der Waals surface area contributed by atoms with Crippen LogP contribution in [-0.2, 0) is 25.7 Å². The number of thiophene rings is 1. The summed E-state index contributed by atoms with van der Waals surface area (Å²) in [7, 11) is 0. The van der Waals surface area contributed by atoms with Gasteiger partial charge in [0.05, 0.1) is 6.10 Å². The molecule has 1 unspecified atom stereocenters. The Kier molecular flexibility index (Phi) is 8.88. The van der Waals surface area contributed by atoms with E-state index in [1.165, 1.54) is 10.4 Å². The van der Waals surface area contributed by atoms with Gasteiger partial charge in [-0.15, -0.1) is 11.3 Å². The van der Waals surface area contributed by atoms with Gasteiger partial charge in [-0.3, -0.25) is 9.69 Å². The summed E-state index contributed by atoms with van der Waals surface area (Å²) in [5, 5.41) is 20.0. The predicted octanol–water partition coefficient (Wildman–Crippen LogP) is 1.72. The van der Waals surface area contributed by atoms with E-state index >= 15 is 0 Å². The molecule has 0 radical (unpaired) electrons. The van der Waals surface area contributed by atoms with Gasteiger partial charge in [-0.05, 0) is 62.7 Å². The number of aliphatic carboxylic acids is 2. The summed E-state index contributed by atoms with van der Waals surface area (Å²) >= 11 is 1.84. The SMILES string of the molecule is Cc1ccsc1CN1CCC(C(=O)NCC2CCCO2)CC1.O=C(O)C(=O)O. The molecule has 9 heteroatoms. The van der Waals surface area contributed by atoms with Crippen LogP contribution in [0.15, 0.2) is 11.4 Å². The van der Waals surface area contributed by atoms with Crippen LogP contribution in [0.2, 0.25) is 0 Å². The van der Waals surface area contributed by atoms with Crippen LogP contribution >= 0.6 is 11.3 Å². The van der Waals surface area contributed by atoms with Crippen molar-refractivity contribution < 1.29 is 29.3 Å². The van der Waals surface area contributed by atoms with Crippen molar-refractivity contribution in [2.45, 2.75) is 45.3 Å². The minimum atomic E-state index is -1.82. The molecule has 2 aliphatic rings. The number of hydrogen-bond donors (Lipinski definition) is 3. The Morgan fingerprint density at radius 2 is 1.89 bits per heavy atom. The van der Waals surface area contributed by atoms with E-state index in [1.807, 2.05) is 11.3 Å². The van der Waals surface area contributed by atoms with Crippen molar-refractivity contribution in [3.05, 3.63) is 21.9 Å². The molecule has 3 heterocycles. The molecule has 1 aromatic heterocycles. The molecule has 156 valence electrons. The average molecular weight is 413 g/mol. The molecule has 0 aromatic carbocycles. The molecule has 1 aromatic rings. The molecule has 8 nitrogen and oxygen atoms in total. The van der Waals surface area contributed by atoms with Crippen LogP contribution in [-0.4, -0.2) is 65.3 Å². The van der Waals surface area contributed by atoms with Crippen LogP contribution < -0.4 is 5.32 Å². The van der Waals surface area contributed by atoms with Gasteiger partial charge in [0.25, 0.3) is 0 Å². The molecular formula is C19H28N2O6S. The Labute approximate surface area is 168 Å². The zero-order chi connectivity index (χ0) is 20.5. The normalized spacial score (nSPS) is 20.2. The fourth-order valence-electron chi connectivity index (χ4n) is 3.29. The van der Waals surface area contributed by atoms with Crippen LogP contribution in [0.4, 0.5) is 0 Å². The second kappa shape index (κ2) is 11.1. The van der Waals surface area contributed by atoms with Crippen LogP contribution in [0.3, 0.4) is 0 Å². The van der Waals surface area contributed by atoms with E-state index in [-0.39, 0.29) is 17.9 Å². The van der Waals surface area contributed by atoms with Crippen molar-refractivity contribution in [3.8, 4) is 0 Å². The highest BCUT2D eigenvalue weighted by molar-refractivity contribution is 7.10. The lowest BCUT2D eigenvalue weighted by Gasteiger charge is -2.31. The van der Waals surface area contributed by atoms with Gasteiger partial charge in [-0.1, -0.05) is 0 Å². The summed E-state index contributed by atoms with van der Waals surface area (Å²) in [6.45, 7) is 6.80. The van der Waals surface area contributed by atoms with Crippen LogP contribution in [0, 0.1) is 12.8 Å². The minimum absolute atomic E-state index is 0.182. The lowest BCUT2D eigenvalue weighted by molar-refractivity contribution is -0.159. The number of nitrogens with one attached hydrogen (secondary N) is 1. The quantitative estimate of drug-likeness (QED) is 0.631. The number of hydrogen-bond acceptors (Lipinski definition) is 6. The van der Waals surface area contributed by atoms with Crippen molar-refractivity contribution in [2.75, 3.05) is 26.2 Å². The van der Waals surface area contributed by atoms with Crippen molar-refractivity contribution >= 4 is 29.2 Å². The third kappa shape index (κ3) is 7.21. The van der Waals surface area contributed by atoms with Crippen molar-refractivity contribution in [1.29, 1.82) is 0 Å². The van der Waals surface area contributed by atoms with Gasteiger partial charge < -0.3 is 20.3 Å². The highest BCUT2D eigenvalue weighted by atomic mass is 32.1. The number of ether oxygens (including phenoxy) is 1. The van der Waals surface area contributed by atoms with E-state index in [2.05, 4.69) is 28.6 Å². The lowest BCUT2D eigenvalue weighted by atomic mass is 9.95. The summed E-state index contributed by atoms with van der Waals surface area (Å²) in [4.78, 5) is 34.4. The predicted molar refractivity (Wildman–Crippen MR) is 104 cm³/mol. The second-order valence-electron chi connectivity index (χ2n) is 7.07. The number of aryl methyl sites for hydroxylation is 1. The van der Waals surface area contributed by atoms with E-state index in [1.54, 1.807) is 0 Å². The van der Waals surface area contributed by atoms with Gasteiger partial charge in [0.15, 0.2) is 0 Å². The number of carboxylic acids is 2. The summed E-state index contributed by atoms with van der Waals surface area (Å²) in [6.07, 6.45) is 4.40. The molecule has 28 heavy (non-hydrogen) atoms. The monoisotopic (exact) mass is 412 g/mol. The van der Waals surface area contributed by atoms with E-state index in [0.29, 0.717) is 6.54 Å². The molecule has 0 bridgehead atoms. The van der Waals surface area contributed by atoms with Gasteiger partial charge in [0.1, 0.15) is 0 Å². The number of rotatable bonds is 5. The summed E-state index contributed by atoms with van der Waals surface area (Å²) in [5.74, 6) is -3.24. The number of carbonyl (C=O) groups excluding carboxylic acids is 1. The average Bonchev–Trinajstić information content (AvgIpc) is 3.33. The molecule has 2 aliphatic heterocycles. The Morgan fingerprint density at radius 3 is 2.39 bits per heavy atom. The van der Waals surface area contributed by atoms with Crippen molar-refractivity contribution in [1.82, 2.24) is 10.2 Å². The molecule has 0 aliphatic carbocycles. The summed E-state index contributed by atoms with van der Waals surface area (Å²) in [5.41, 5.74) is 1.39. The molecule has 3 rings (SSSR count).